The van der Waals surface area contributed by atoms with Gasteiger partial charge in [0.2, 0.25) is 11.8 Å². The molecule has 4 amide bonds. The van der Waals surface area contributed by atoms with E-state index in [0.29, 0.717) is 28.8 Å². The molecule has 1 N–H and O–H groups in total. The van der Waals surface area contributed by atoms with Gasteiger partial charge in [-0.15, -0.1) is 23.2 Å². The average Bonchev–Trinajstić information content (AvgIpc) is 3.22. The van der Waals surface area contributed by atoms with E-state index < -0.39 is 45.2 Å². The highest BCUT2D eigenvalue weighted by Crippen LogP contribution is 2.65. The highest BCUT2D eigenvalue weighted by Gasteiger charge is 2.75. The fraction of sp³-hybridized carbons (Fsp3) is 0.379. The number of fused-ring (bicyclic) bond motifs is 4. The van der Waals surface area contributed by atoms with Gasteiger partial charge >= 0.3 is 0 Å². The molecule has 2 aliphatic carbocycles. The van der Waals surface area contributed by atoms with Crippen LogP contribution in [0, 0.1) is 31.6 Å². The predicted molar refractivity (Wildman–Crippen MR) is 142 cm³/mol. The number of para-hydroxylation sites is 1. The first-order valence-corrected chi connectivity index (χ1v) is 13.3. The Morgan fingerprint density at radius 2 is 1.55 bits per heavy atom. The van der Waals surface area contributed by atoms with Gasteiger partial charge in [0.1, 0.15) is 5.75 Å². The van der Waals surface area contributed by atoms with E-state index >= 15 is 0 Å². The molecular weight excluding hydrogens is 527 g/mol. The van der Waals surface area contributed by atoms with Gasteiger partial charge in [-0.05, 0) is 61.4 Å². The summed E-state index contributed by atoms with van der Waals surface area (Å²) in [7, 11) is 1.36. The van der Waals surface area contributed by atoms with Gasteiger partial charge in [0, 0.05) is 13.0 Å². The van der Waals surface area contributed by atoms with Crippen molar-refractivity contribution < 1.29 is 24.3 Å². The fourth-order valence-corrected chi connectivity index (χ4v) is 8.13. The van der Waals surface area contributed by atoms with Crippen molar-refractivity contribution in [1.29, 1.82) is 0 Å². The van der Waals surface area contributed by atoms with Crippen molar-refractivity contribution in [3.63, 3.8) is 0 Å². The third kappa shape index (κ3) is 2.97. The number of amides is 4. The van der Waals surface area contributed by atoms with Crippen molar-refractivity contribution in [3.8, 4) is 5.75 Å². The lowest BCUT2D eigenvalue weighted by Crippen LogP contribution is -2.60. The number of anilines is 1. The molecule has 2 heterocycles. The zero-order valence-corrected chi connectivity index (χ0v) is 22.6. The van der Waals surface area contributed by atoms with Crippen molar-refractivity contribution in [2.75, 3.05) is 11.9 Å². The minimum Gasteiger partial charge on any atom is -0.507 e. The molecule has 3 fully saturated rings. The highest BCUT2D eigenvalue weighted by molar-refractivity contribution is 6.53. The van der Waals surface area contributed by atoms with Crippen molar-refractivity contribution in [2.45, 2.75) is 42.4 Å². The summed E-state index contributed by atoms with van der Waals surface area (Å²) in [5, 5.41) is 10.4. The van der Waals surface area contributed by atoms with Gasteiger partial charge in [0.05, 0.1) is 17.5 Å². The fourth-order valence-electron chi connectivity index (χ4n) is 7.11. The van der Waals surface area contributed by atoms with Crippen LogP contribution in [0.25, 0.3) is 0 Å². The molecule has 7 nitrogen and oxygen atoms in total. The van der Waals surface area contributed by atoms with E-state index in [-0.39, 0.29) is 24.0 Å². The normalized spacial score (nSPS) is 34.3. The zero-order chi connectivity index (χ0) is 27.3. The largest absolute Gasteiger partial charge is 0.507 e. The number of hydrogen-bond donors (Lipinski definition) is 1. The Balaban J connectivity index is 1.55. The van der Waals surface area contributed by atoms with Crippen LogP contribution in [0.4, 0.5) is 5.69 Å². The first-order valence-electron chi connectivity index (χ1n) is 12.6. The lowest BCUT2D eigenvalue weighted by molar-refractivity contribution is -0.138. The molecule has 6 atom stereocenters. The lowest BCUT2D eigenvalue weighted by Gasteiger charge is -2.51. The quantitative estimate of drug-likeness (QED) is 0.342. The van der Waals surface area contributed by atoms with E-state index in [1.54, 1.807) is 50.2 Å². The number of nitrogens with zero attached hydrogens (tertiary/aromatic N) is 2. The maximum atomic E-state index is 13.9. The lowest BCUT2D eigenvalue weighted by atomic mass is 9.56. The maximum Gasteiger partial charge on any atom is 0.253 e. The van der Waals surface area contributed by atoms with Crippen LogP contribution in [-0.4, -0.2) is 50.4 Å². The third-order valence-corrected chi connectivity index (χ3v) is 10.3. The van der Waals surface area contributed by atoms with Crippen molar-refractivity contribution in [3.05, 3.63) is 70.8 Å². The Morgan fingerprint density at radius 1 is 0.921 bits per heavy atom. The minimum atomic E-state index is -1.84. The van der Waals surface area contributed by atoms with E-state index in [2.05, 4.69) is 0 Å². The molecule has 0 unspecified atom stereocenters. The van der Waals surface area contributed by atoms with E-state index in [1.807, 2.05) is 12.1 Å². The second-order valence-corrected chi connectivity index (χ2v) is 12.1. The Kier molecular flexibility index (Phi) is 5.40. The van der Waals surface area contributed by atoms with Gasteiger partial charge in [-0.2, -0.15) is 0 Å². The van der Waals surface area contributed by atoms with Crippen LogP contribution in [0.3, 0.4) is 0 Å². The number of carbonyl (C=O) groups is 4. The first kappa shape index (κ1) is 25.1. The second-order valence-electron chi connectivity index (χ2n) is 10.8. The first-order chi connectivity index (χ1) is 17.9. The Labute approximate surface area is 230 Å². The topological polar surface area (TPSA) is 95.0 Å². The molecule has 0 radical (unpaired) electrons. The molecular formula is C29H26Cl2N2O5. The van der Waals surface area contributed by atoms with Crippen molar-refractivity contribution in [2.24, 2.45) is 17.8 Å². The standard InChI is InChI=1S/C29H26Cl2N2O5/c1-14-11-16(12-15(2)23(14)34)22-18-9-10-19-21(25(36)33(24(19)35)17-7-5-4-6-8-17)20(18)13-28(30)26(37)32(3)27(38)29(22,28)31/h4-9,11-12,19-22,34H,10,13H2,1-3H3/t19-,20+,21-,22-,28+,29-/m0/s1. The summed E-state index contributed by atoms with van der Waals surface area (Å²) in [5.74, 6) is -4.48. The zero-order valence-electron chi connectivity index (χ0n) is 21.1. The molecule has 1 saturated carbocycles. The molecule has 0 aromatic heterocycles. The molecule has 4 aliphatic rings. The number of alkyl halides is 2. The molecule has 2 aromatic carbocycles. The van der Waals surface area contributed by atoms with Crippen molar-refractivity contribution in [1.82, 2.24) is 4.90 Å². The van der Waals surface area contributed by atoms with E-state index in [1.165, 1.54) is 11.9 Å². The van der Waals surface area contributed by atoms with E-state index in [9.17, 15) is 24.3 Å². The number of benzene rings is 2. The number of aromatic hydroxyl groups is 1. The summed E-state index contributed by atoms with van der Waals surface area (Å²) >= 11 is 14.4. The summed E-state index contributed by atoms with van der Waals surface area (Å²) in [4.78, 5) is 53.1. The Morgan fingerprint density at radius 3 is 2.18 bits per heavy atom. The van der Waals surface area contributed by atoms with Crippen molar-refractivity contribution >= 4 is 52.5 Å². The number of phenolic OH excluding ortho intramolecular Hbond substituents is 1. The van der Waals surface area contributed by atoms with Gasteiger partial charge in [0.15, 0.2) is 9.75 Å². The molecule has 0 spiro atoms. The third-order valence-electron chi connectivity index (χ3n) is 8.88. The van der Waals surface area contributed by atoms with Crippen LogP contribution < -0.4 is 4.90 Å². The summed E-state index contributed by atoms with van der Waals surface area (Å²) in [6.45, 7) is 3.49. The summed E-state index contributed by atoms with van der Waals surface area (Å²) in [6.07, 6.45) is 2.16. The van der Waals surface area contributed by atoms with Crippen LogP contribution in [0.2, 0.25) is 0 Å². The summed E-state index contributed by atoms with van der Waals surface area (Å²) in [6, 6.07) is 12.3. The maximum absolute atomic E-state index is 13.9. The van der Waals surface area contributed by atoms with Gasteiger partial charge in [-0.3, -0.25) is 29.0 Å². The summed E-state index contributed by atoms with van der Waals surface area (Å²) in [5.41, 5.74) is 3.03. The number of phenols is 1. The minimum absolute atomic E-state index is 0.0475. The monoisotopic (exact) mass is 552 g/mol. The summed E-state index contributed by atoms with van der Waals surface area (Å²) < 4.78 is 0. The van der Waals surface area contributed by atoms with Crippen LogP contribution in [0.5, 0.6) is 5.75 Å². The molecule has 0 bridgehead atoms. The number of likely N-dealkylation sites (tertiary alicyclic amines) is 1. The van der Waals surface area contributed by atoms with Crippen LogP contribution in [-0.2, 0) is 19.2 Å². The molecule has 2 aromatic rings. The predicted octanol–water partition coefficient (Wildman–Crippen LogP) is 4.20. The molecule has 2 saturated heterocycles. The molecule has 196 valence electrons. The Bertz CT molecular complexity index is 1450. The van der Waals surface area contributed by atoms with Gasteiger partial charge in [0.25, 0.3) is 11.8 Å². The van der Waals surface area contributed by atoms with Gasteiger partial charge < -0.3 is 5.11 Å². The average molecular weight is 553 g/mol. The smallest absolute Gasteiger partial charge is 0.253 e. The molecule has 6 rings (SSSR count). The number of rotatable bonds is 2. The number of halogens is 2. The number of carbonyl (C=O) groups excluding carboxylic acids is 4. The van der Waals surface area contributed by atoms with Crippen LogP contribution in [0.15, 0.2) is 54.1 Å². The number of aryl methyl sites for hydroxylation is 2. The highest BCUT2D eigenvalue weighted by atomic mass is 35.5. The SMILES string of the molecule is Cc1cc([C@H]2C3=CC[C@@H]4C(=O)N(c5ccccc5)C(=O)[C@@H]4[C@@H]3C[C@@]3(Cl)C(=O)N(C)C(=O)[C@@]23Cl)cc(C)c1O. The van der Waals surface area contributed by atoms with E-state index in [4.69, 9.17) is 23.2 Å². The number of imide groups is 2. The number of hydrogen-bond acceptors (Lipinski definition) is 5. The second kappa shape index (κ2) is 8.17. The van der Waals surface area contributed by atoms with E-state index in [0.717, 1.165) is 10.5 Å². The van der Waals surface area contributed by atoms with Crippen LogP contribution >= 0.6 is 23.2 Å². The Hall–Kier alpha value is -3.16. The molecule has 9 heteroatoms. The molecule has 2 aliphatic heterocycles. The molecule has 38 heavy (non-hydrogen) atoms. The van der Waals surface area contributed by atoms with Crippen LogP contribution in [0.1, 0.15) is 35.4 Å². The number of allylic oxidation sites excluding steroid dienone is 2. The van der Waals surface area contributed by atoms with Gasteiger partial charge in [-0.25, -0.2) is 0 Å². The van der Waals surface area contributed by atoms with Gasteiger partial charge in [-0.1, -0.05) is 42.0 Å².